The molecule has 3 rings (SSSR count). The van der Waals surface area contributed by atoms with Crippen LogP contribution in [-0.4, -0.2) is 31.7 Å². The third-order valence-electron chi connectivity index (χ3n) is 4.42. The topological polar surface area (TPSA) is 109 Å². The molecule has 0 unspecified atom stereocenters. The van der Waals surface area contributed by atoms with Crippen LogP contribution in [0.2, 0.25) is 5.02 Å². The van der Waals surface area contributed by atoms with Crippen molar-refractivity contribution in [2.45, 2.75) is 39.3 Å². The van der Waals surface area contributed by atoms with E-state index in [2.05, 4.69) is 31.8 Å². The van der Waals surface area contributed by atoms with Crippen molar-refractivity contribution in [3.8, 4) is 17.3 Å². The molecule has 1 amide bonds. The van der Waals surface area contributed by atoms with Crippen LogP contribution in [0.15, 0.2) is 42.9 Å². The molecule has 0 saturated carbocycles. The predicted octanol–water partition coefficient (Wildman–Crippen LogP) is 4.35. The third-order valence-corrected chi connectivity index (χ3v) is 4.70. The zero-order chi connectivity index (χ0) is 21.7. The van der Waals surface area contributed by atoms with Crippen LogP contribution < -0.4 is 10.6 Å². The highest BCUT2D eigenvalue weighted by Crippen LogP contribution is 2.27. The highest BCUT2D eigenvalue weighted by Gasteiger charge is 2.13. The Morgan fingerprint density at radius 1 is 1.27 bits per heavy atom. The van der Waals surface area contributed by atoms with Gasteiger partial charge in [-0.2, -0.15) is 10.4 Å². The van der Waals surface area contributed by atoms with Gasteiger partial charge in [-0.25, -0.2) is 9.97 Å². The molecule has 9 heteroatoms. The Bertz CT molecular complexity index is 1070. The van der Waals surface area contributed by atoms with Crippen LogP contribution in [0.4, 0.5) is 11.6 Å². The summed E-state index contributed by atoms with van der Waals surface area (Å²) in [6.45, 7) is 5.93. The van der Waals surface area contributed by atoms with Gasteiger partial charge >= 0.3 is 0 Å². The second-order valence-electron chi connectivity index (χ2n) is 6.96. The fourth-order valence-corrected chi connectivity index (χ4v) is 2.89. The number of halogens is 1. The van der Waals surface area contributed by atoms with E-state index in [9.17, 15) is 4.79 Å². The number of carbonyl (C=O) groups is 1. The molecular weight excluding hydrogens is 402 g/mol. The van der Waals surface area contributed by atoms with Gasteiger partial charge < -0.3 is 10.6 Å². The highest BCUT2D eigenvalue weighted by atomic mass is 35.5. The molecule has 2 N–H and O–H groups in total. The molecule has 2 heterocycles. The molecule has 1 atom stereocenters. The number of rotatable bonds is 7. The molecule has 0 bridgehead atoms. The minimum absolute atomic E-state index is 0.249. The summed E-state index contributed by atoms with van der Waals surface area (Å²) in [5, 5.41) is 19.5. The fraction of sp³-hybridized carbons (Fsp3) is 0.286. The summed E-state index contributed by atoms with van der Waals surface area (Å²) in [6, 6.07) is 8.66. The molecule has 0 aliphatic rings. The van der Waals surface area contributed by atoms with E-state index in [0.717, 1.165) is 11.3 Å². The van der Waals surface area contributed by atoms with Crippen molar-refractivity contribution in [3.05, 3.63) is 53.4 Å². The monoisotopic (exact) mass is 423 g/mol. The van der Waals surface area contributed by atoms with Crippen LogP contribution in [0, 0.1) is 11.3 Å². The Morgan fingerprint density at radius 2 is 2.00 bits per heavy atom. The number of nitrogens with one attached hydrogen (secondary N) is 2. The number of benzene rings is 1. The van der Waals surface area contributed by atoms with Gasteiger partial charge in [0.15, 0.2) is 0 Å². The van der Waals surface area contributed by atoms with Crippen molar-refractivity contribution in [1.82, 2.24) is 25.1 Å². The van der Waals surface area contributed by atoms with E-state index in [4.69, 9.17) is 16.9 Å². The second kappa shape index (κ2) is 9.37. The van der Waals surface area contributed by atoms with E-state index >= 15 is 0 Å². The second-order valence-corrected chi connectivity index (χ2v) is 7.37. The number of nitrogens with zero attached hydrogens (tertiary/aromatic N) is 5. The molecule has 0 spiro atoms. The lowest BCUT2D eigenvalue weighted by molar-refractivity contribution is 0.0944. The number of nitriles is 1. The number of hydrogen-bond acceptors (Lipinski definition) is 6. The van der Waals surface area contributed by atoms with Gasteiger partial charge in [0, 0.05) is 23.4 Å². The standard InChI is InChI=1S/C21H22ClN7O/c1-4-16(9-23)26-20(30)15-7-5-14(6-8-15)19-18(22)11-24-21(28-19)27-17-10-25-29(12-17)13(2)3/h5-8,10-13,16H,4H2,1-3H3,(H,26,30)(H,24,27,28)/t16-/m0/s1. The van der Waals surface area contributed by atoms with Crippen molar-refractivity contribution in [3.63, 3.8) is 0 Å². The number of amides is 1. The Labute approximate surface area is 179 Å². The zero-order valence-corrected chi connectivity index (χ0v) is 17.7. The maximum atomic E-state index is 12.3. The van der Waals surface area contributed by atoms with Gasteiger partial charge in [0.1, 0.15) is 6.04 Å². The van der Waals surface area contributed by atoms with Crippen molar-refractivity contribution < 1.29 is 4.79 Å². The molecule has 0 radical (unpaired) electrons. The summed E-state index contributed by atoms with van der Waals surface area (Å²) in [4.78, 5) is 21.0. The average molecular weight is 424 g/mol. The van der Waals surface area contributed by atoms with Crippen LogP contribution in [0.3, 0.4) is 0 Å². The molecule has 0 aliphatic carbocycles. The molecule has 0 saturated heterocycles. The predicted molar refractivity (Wildman–Crippen MR) is 116 cm³/mol. The van der Waals surface area contributed by atoms with E-state index in [1.54, 1.807) is 30.5 Å². The number of anilines is 2. The summed E-state index contributed by atoms with van der Waals surface area (Å²) < 4.78 is 1.83. The molecular formula is C21H22ClN7O. The molecule has 2 aromatic heterocycles. The van der Waals surface area contributed by atoms with Gasteiger partial charge in [-0.1, -0.05) is 30.7 Å². The highest BCUT2D eigenvalue weighted by molar-refractivity contribution is 6.32. The zero-order valence-electron chi connectivity index (χ0n) is 16.9. The van der Waals surface area contributed by atoms with E-state index in [1.165, 1.54) is 6.20 Å². The van der Waals surface area contributed by atoms with Crippen molar-refractivity contribution in [1.29, 1.82) is 5.26 Å². The maximum Gasteiger partial charge on any atom is 0.252 e. The number of aromatic nitrogens is 4. The minimum Gasteiger partial charge on any atom is -0.336 e. The van der Waals surface area contributed by atoms with E-state index in [1.807, 2.05) is 31.6 Å². The number of carbonyl (C=O) groups excluding carboxylic acids is 1. The lowest BCUT2D eigenvalue weighted by atomic mass is 10.1. The minimum atomic E-state index is -0.512. The first-order valence-corrected chi connectivity index (χ1v) is 9.93. The van der Waals surface area contributed by atoms with Gasteiger partial charge in [0.2, 0.25) is 5.95 Å². The van der Waals surface area contributed by atoms with Crippen LogP contribution in [0.25, 0.3) is 11.3 Å². The molecule has 30 heavy (non-hydrogen) atoms. The normalized spacial score (nSPS) is 11.7. The molecule has 0 aliphatic heterocycles. The van der Waals surface area contributed by atoms with Gasteiger partial charge in [0.05, 0.1) is 34.9 Å². The molecule has 154 valence electrons. The largest absolute Gasteiger partial charge is 0.336 e. The van der Waals surface area contributed by atoms with E-state index < -0.39 is 6.04 Å². The smallest absolute Gasteiger partial charge is 0.252 e. The summed E-state index contributed by atoms with van der Waals surface area (Å²) >= 11 is 6.30. The van der Waals surface area contributed by atoms with Crippen LogP contribution in [-0.2, 0) is 0 Å². The molecule has 8 nitrogen and oxygen atoms in total. The van der Waals surface area contributed by atoms with Crippen molar-refractivity contribution in [2.75, 3.05) is 5.32 Å². The summed E-state index contributed by atoms with van der Waals surface area (Å²) in [7, 11) is 0. The van der Waals surface area contributed by atoms with Crippen LogP contribution in [0.1, 0.15) is 43.6 Å². The number of hydrogen-bond donors (Lipinski definition) is 2. The Balaban J connectivity index is 1.79. The molecule has 1 aromatic carbocycles. The van der Waals surface area contributed by atoms with Crippen LogP contribution >= 0.6 is 11.6 Å². The Morgan fingerprint density at radius 3 is 2.60 bits per heavy atom. The van der Waals surface area contributed by atoms with Gasteiger partial charge in [-0.15, -0.1) is 0 Å². The Kier molecular flexibility index (Phi) is 6.65. The Hall–Kier alpha value is -3.44. The van der Waals surface area contributed by atoms with Gasteiger partial charge in [0.25, 0.3) is 5.91 Å². The lowest BCUT2D eigenvalue weighted by Gasteiger charge is -2.10. The van der Waals surface area contributed by atoms with Crippen molar-refractivity contribution in [2.24, 2.45) is 0 Å². The summed E-state index contributed by atoms with van der Waals surface area (Å²) in [5.41, 5.74) is 2.51. The third kappa shape index (κ3) is 4.93. The lowest BCUT2D eigenvalue weighted by Crippen LogP contribution is -2.33. The maximum absolute atomic E-state index is 12.3. The average Bonchev–Trinajstić information content (AvgIpc) is 3.22. The summed E-state index contributed by atoms with van der Waals surface area (Å²) in [5.74, 6) is 0.0904. The summed E-state index contributed by atoms with van der Waals surface area (Å²) in [6.07, 6.45) is 5.65. The fourth-order valence-electron chi connectivity index (χ4n) is 2.69. The SMILES string of the molecule is CC[C@@H](C#N)NC(=O)c1ccc(-c2nc(Nc3cnn(C(C)C)c3)ncc2Cl)cc1. The van der Waals surface area contributed by atoms with Crippen LogP contribution in [0.5, 0.6) is 0 Å². The first kappa shape index (κ1) is 21.3. The van der Waals surface area contributed by atoms with Crippen molar-refractivity contribution >= 4 is 29.1 Å². The molecule has 3 aromatic rings. The van der Waals surface area contributed by atoms with E-state index in [0.29, 0.717) is 28.6 Å². The van der Waals surface area contributed by atoms with Gasteiger partial charge in [-0.05, 0) is 32.4 Å². The quantitative estimate of drug-likeness (QED) is 0.584. The van der Waals surface area contributed by atoms with E-state index in [-0.39, 0.29) is 11.9 Å². The molecule has 0 fully saturated rings. The first-order chi connectivity index (χ1) is 14.4. The van der Waals surface area contributed by atoms with Gasteiger partial charge in [-0.3, -0.25) is 9.48 Å². The first-order valence-electron chi connectivity index (χ1n) is 9.56.